The number of nitrogens with zero attached hydrogens (tertiary/aromatic N) is 1. The maximum Gasteiger partial charge on any atom is 0.257 e. The molecule has 1 N–H and O–H groups in total. The molecule has 1 heterocycles. The summed E-state index contributed by atoms with van der Waals surface area (Å²) in [6.07, 6.45) is 3.09. The van der Waals surface area contributed by atoms with Crippen molar-refractivity contribution in [2.45, 2.75) is 66.1 Å². The predicted octanol–water partition coefficient (Wildman–Crippen LogP) is 6.74. The van der Waals surface area contributed by atoms with Gasteiger partial charge >= 0.3 is 0 Å². The van der Waals surface area contributed by atoms with Crippen LogP contribution < -0.4 is 10.1 Å². The summed E-state index contributed by atoms with van der Waals surface area (Å²) in [5, 5.41) is 2.94. The molecule has 1 amide bonds. The van der Waals surface area contributed by atoms with Gasteiger partial charge in [-0.15, -0.1) is 0 Å². The Bertz CT molecular complexity index is 1060. The second kappa shape index (κ2) is 11.6. The molecule has 5 nitrogen and oxygen atoms in total. The molecule has 174 valence electrons. The largest absolute Gasteiger partial charge is 0.457 e. The van der Waals surface area contributed by atoms with Gasteiger partial charge in [0.25, 0.3) is 5.91 Å². The van der Waals surface area contributed by atoms with E-state index < -0.39 is 0 Å². The molecule has 0 radical (unpaired) electrons. The minimum atomic E-state index is -0.182. The number of aromatic nitrogens is 1. The van der Waals surface area contributed by atoms with Crippen LogP contribution in [0.5, 0.6) is 11.5 Å². The lowest BCUT2D eigenvalue weighted by Crippen LogP contribution is -2.18. The maximum atomic E-state index is 12.8. The number of carbonyl (C=O) groups excluding carboxylic acids is 1. The van der Waals surface area contributed by atoms with E-state index in [0.29, 0.717) is 23.4 Å². The minimum absolute atomic E-state index is 0.0754. The number of rotatable bonds is 10. The molecule has 1 unspecified atom stereocenters. The van der Waals surface area contributed by atoms with Crippen LogP contribution in [0, 0.1) is 6.92 Å². The van der Waals surface area contributed by atoms with E-state index in [1.807, 2.05) is 76.2 Å². The number of ether oxygens (including phenoxy) is 2. The summed E-state index contributed by atoms with van der Waals surface area (Å²) < 4.78 is 11.7. The monoisotopic (exact) mass is 446 g/mol. The van der Waals surface area contributed by atoms with Crippen LogP contribution in [0.15, 0.2) is 60.7 Å². The summed E-state index contributed by atoms with van der Waals surface area (Å²) in [4.78, 5) is 17.4. The number of aryl methyl sites for hydroxylation is 2. The van der Waals surface area contributed by atoms with Gasteiger partial charge in [-0.05, 0) is 88.2 Å². The van der Waals surface area contributed by atoms with E-state index in [4.69, 9.17) is 9.47 Å². The van der Waals surface area contributed by atoms with Crippen LogP contribution in [0.25, 0.3) is 0 Å². The van der Waals surface area contributed by atoms with Crippen LogP contribution in [0.2, 0.25) is 0 Å². The fourth-order valence-electron chi connectivity index (χ4n) is 3.77. The van der Waals surface area contributed by atoms with Crippen molar-refractivity contribution in [3.8, 4) is 11.5 Å². The van der Waals surface area contributed by atoms with Crippen molar-refractivity contribution in [1.29, 1.82) is 0 Å². The van der Waals surface area contributed by atoms with E-state index in [1.54, 1.807) is 0 Å². The molecule has 0 fully saturated rings. The molecule has 0 aliphatic rings. The summed E-state index contributed by atoms with van der Waals surface area (Å²) in [5.74, 6) is 1.35. The van der Waals surface area contributed by atoms with Crippen LogP contribution in [0.1, 0.15) is 61.4 Å². The summed E-state index contributed by atoms with van der Waals surface area (Å²) in [6.45, 7) is 10.1. The van der Waals surface area contributed by atoms with Gasteiger partial charge in [0, 0.05) is 17.8 Å². The lowest BCUT2D eigenvalue weighted by molar-refractivity contribution is 0.0190. The molecular weight excluding hydrogens is 412 g/mol. The molecular formula is C28H34N2O3. The molecule has 0 bridgehead atoms. The van der Waals surface area contributed by atoms with Gasteiger partial charge < -0.3 is 14.8 Å². The number of nitrogens with one attached hydrogen (secondary N) is 1. The number of anilines is 1. The molecule has 2 aromatic carbocycles. The molecule has 0 saturated carbocycles. The summed E-state index contributed by atoms with van der Waals surface area (Å²) in [5.41, 5.74) is 4.14. The number of hydrogen-bond acceptors (Lipinski definition) is 4. The van der Waals surface area contributed by atoms with Gasteiger partial charge in [-0.2, -0.15) is 0 Å². The average molecular weight is 447 g/mol. The first kappa shape index (κ1) is 24.5. The number of carbonyl (C=O) groups is 1. The van der Waals surface area contributed by atoms with Crippen molar-refractivity contribution < 1.29 is 14.3 Å². The molecule has 3 rings (SSSR count). The Kier molecular flexibility index (Phi) is 8.61. The lowest BCUT2D eigenvalue weighted by atomic mass is 10.1. The zero-order valence-electron chi connectivity index (χ0n) is 20.2. The third kappa shape index (κ3) is 7.43. The van der Waals surface area contributed by atoms with E-state index in [9.17, 15) is 4.79 Å². The predicted molar refractivity (Wildman–Crippen MR) is 133 cm³/mol. The number of amides is 1. The molecule has 33 heavy (non-hydrogen) atoms. The molecule has 1 aromatic heterocycles. The van der Waals surface area contributed by atoms with Gasteiger partial charge in [0.2, 0.25) is 0 Å². The Hall–Kier alpha value is -3.18. The Morgan fingerprint density at radius 3 is 2.42 bits per heavy atom. The standard InChI is InChI=1S/C28H34N2O3/c1-6-8-22-9-7-10-26(18-22)33-25-14-11-23(12-15-25)30-28(31)27-16-13-24(29-21(27)5)17-20(4)32-19(2)3/h7,9-16,18-20H,6,8,17H2,1-5H3,(H,30,31). The van der Waals surface area contributed by atoms with Crippen LogP contribution in [0.4, 0.5) is 5.69 Å². The van der Waals surface area contributed by atoms with Gasteiger partial charge in [0.05, 0.1) is 23.5 Å². The summed E-state index contributed by atoms with van der Waals surface area (Å²) in [6, 6.07) is 19.2. The van der Waals surface area contributed by atoms with E-state index in [0.717, 1.165) is 30.0 Å². The second-order valence-corrected chi connectivity index (χ2v) is 8.61. The van der Waals surface area contributed by atoms with Gasteiger partial charge in [0.1, 0.15) is 11.5 Å². The van der Waals surface area contributed by atoms with E-state index in [-0.39, 0.29) is 18.1 Å². The first-order valence-electron chi connectivity index (χ1n) is 11.6. The first-order valence-corrected chi connectivity index (χ1v) is 11.6. The second-order valence-electron chi connectivity index (χ2n) is 8.61. The normalized spacial score (nSPS) is 11.9. The summed E-state index contributed by atoms with van der Waals surface area (Å²) >= 11 is 0. The highest BCUT2D eigenvalue weighted by Gasteiger charge is 2.13. The highest BCUT2D eigenvalue weighted by atomic mass is 16.5. The Morgan fingerprint density at radius 2 is 1.76 bits per heavy atom. The van der Waals surface area contributed by atoms with E-state index in [2.05, 4.69) is 29.4 Å². The van der Waals surface area contributed by atoms with Gasteiger partial charge in [-0.25, -0.2) is 0 Å². The quantitative estimate of drug-likeness (QED) is 0.374. The van der Waals surface area contributed by atoms with Crippen molar-refractivity contribution in [2.75, 3.05) is 5.32 Å². The Morgan fingerprint density at radius 1 is 1.00 bits per heavy atom. The SMILES string of the molecule is CCCc1cccc(Oc2ccc(NC(=O)c3ccc(CC(C)OC(C)C)nc3C)cc2)c1. The maximum absolute atomic E-state index is 12.8. The van der Waals surface area contributed by atoms with Crippen LogP contribution in [0.3, 0.4) is 0 Å². The molecule has 3 aromatic rings. The summed E-state index contributed by atoms with van der Waals surface area (Å²) in [7, 11) is 0. The minimum Gasteiger partial charge on any atom is -0.457 e. The fourth-order valence-corrected chi connectivity index (χ4v) is 3.77. The van der Waals surface area contributed by atoms with Crippen molar-refractivity contribution >= 4 is 11.6 Å². The van der Waals surface area contributed by atoms with Gasteiger partial charge in [-0.1, -0.05) is 25.5 Å². The van der Waals surface area contributed by atoms with E-state index in [1.165, 1.54) is 5.56 Å². The molecule has 0 aliphatic carbocycles. The Labute approximate surface area is 197 Å². The number of benzene rings is 2. The lowest BCUT2D eigenvalue weighted by Gasteiger charge is -2.16. The van der Waals surface area contributed by atoms with Crippen LogP contribution in [-0.4, -0.2) is 23.1 Å². The topological polar surface area (TPSA) is 60.5 Å². The highest BCUT2D eigenvalue weighted by Crippen LogP contribution is 2.24. The number of pyridine rings is 1. The third-order valence-electron chi connectivity index (χ3n) is 5.17. The fraction of sp³-hybridized carbons (Fsp3) is 0.357. The third-order valence-corrected chi connectivity index (χ3v) is 5.17. The molecule has 1 atom stereocenters. The van der Waals surface area contributed by atoms with Crippen molar-refractivity contribution in [2.24, 2.45) is 0 Å². The first-order chi connectivity index (χ1) is 15.8. The zero-order chi connectivity index (χ0) is 23.8. The molecule has 0 spiro atoms. The highest BCUT2D eigenvalue weighted by molar-refractivity contribution is 6.05. The number of hydrogen-bond donors (Lipinski definition) is 1. The smallest absolute Gasteiger partial charge is 0.257 e. The Balaban J connectivity index is 1.60. The molecule has 0 saturated heterocycles. The van der Waals surface area contributed by atoms with E-state index >= 15 is 0 Å². The van der Waals surface area contributed by atoms with Crippen molar-refractivity contribution in [3.63, 3.8) is 0 Å². The van der Waals surface area contributed by atoms with Crippen LogP contribution >= 0.6 is 0 Å². The average Bonchev–Trinajstić information content (AvgIpc) is 2.75. The molecule has 0 aliphatic heterocycles. The molecule has 5 heteroatoms. The van der Waals surface area contributed by atoms with Gasteiger partial charge in [-0.3, -0.25) is 9.78 Å². The van der Waals surface area contributed by atoms with Crippen molar-refractivity contribution in [3.05, 3.63) is 83.2 Å². The van der Waals surface area contributed by atoms with Gasteiger partial charge in [0.15, 0.2) is 0 Å². The van der Waals surface area contributed by atoms with Crippen molar-refractivity contribution in [1.82, 2.24) is 4.98 Å². The van der Waals surface area contributed by atoms with Crippen LogP contribution in [-0.2, 0) is 17.6 Å². The zero-order valence-corrected chi connectivity index (χ0v) is 20.2.